The summed E-state index contributed by atoms with van der Waals surface area (Å²) in [6, 6.07) is 0. The third-order valence-corrected chi connectivity index (χ3v) is 8.15. The summed E-state index contributed by atoms with van der Waals surface area (Å²) in [4.78, 5) is 7.23. The van der Waals surface area contributed by atoms with Crippen molar-refractivity contribution in [1.82, 2.24) is 30.0 Å². The molecule has 2 aromatic rings. The summed E-state index contributed by atoms with van der Waals surface area (Å²) in [5.41, 5.74) is 2.63. The minimum Gasteiger partial charge on any atom is -0.339 e. The molecule has 0 aromatic carbocycles. The fourth-order valence-electron chi connectivity index (χ4n) is 7.12. The molecule has 5 aliphatic rings. The molecule has 0 amide bonds. The molecular formula is C22H32N6O. The lowest BCUT2D eigenvalue weighted by atomic mass is 9.49. The van der Waals surface area contributed by atoms with Crippen LogP contribution in [0, 0.1) is 17.8 Å². The summed E-state index contributed by atoms with van der Waals surface area (Å²) in [5.74, 6) is 4.88. The molecular weight excluding hydrogens is 364 g/mol. The Morgan fingerprint density at radius 1 is 1.10 bits per heavy atom. The van der Waals surface area contributed by atoms with Crippen LogP contribution in [0.2, 0.25) is 0 Å². The Balaban J connectivity index is 1.22. The monoisotopic (exact) mass is 396 g/mol. The predicted octanol–water partition coefficient (Wildman–Crippen LogP) is 2.96. The Labute approximate surface area is 172 Å². The molecule has 2 heterocycles. The zero-order valence-electron chi connectivity index (χ0n) is 17.7. The van der Waals surface area contributed by atoms with Crippen LogP contribution in [0.3, 0.4) is 0 Å². The normalized spacial score (nSPS) is 35.4. The number of fused-ring (bicyclic) bond motifs is 1. The van der Waals surface area contributed by atoms with Gasteiger partial charge in [-0.25, -0.2) is 4.68 Å². The summed E-state index contributed by atoms with van der Waals surface area (Å²) in [7, 11) is 4.19. The Kier molecular flexibility index (Phi) is 4.12. The van der Waals surface area contributed by atoms with Crippen LogP contribution in [0.1, 0.15) is 74.0 Å². The van der Waals surface area contributed by atoms with Crippen molar-refractivity contribution in [3.05, 3.63) is 23.1 Å². The predicted molar refractivity (Wildman–Crippen MR) is 107 cm³/mol. The van der Waals surface area contributed by atoms with Gasteiger partial charge in [0.05, 0.1) is 17.9 Å². The van der Waals surface area contributed by atoms with Gasteiger partial charge in [-0.1, -0.05) is 10.4 Å². The molecule has 29 heavy (non-hydrogen) atoms. The van der Waals surface area contributed by atoms with Crippen LogP contribution in [0.5, 0.6) is 0 Å². The second-order valence-electron chi connectivity index (χ2n) is 10.6. The van der Waals surface area contributed by atoms with Crippen molar-refractivity contribution in [3.63, 3.8) is 0 Å². The molecule has 1 unspecified atom stereocenters. The van der Waals surface area contributed by atoms with Gasteiger partial charge in [0.2, 0.25) is 5.89 Å². The summed E-state index contributed by atoms with van der Waals surface area (Å²) in [5, 5.41) is 13.4. The lowest BCUT2D eigenvalue weighted by molar-refractivity contribution is -0.0103. The second kappa shape index (κ2) is 6.62. The van der Waals surface area contributed by atoms with Gasteiger partial charge < -0.3 is 9.42 Å². The van der Waals surface area contributed by atoms with Crippen LogP contribution in [-0.4, -0.2) is 50.7 Å². The molecule has 0 spiro atoms. The highest BCUT2D eigenvalue weighted by atomic mass is 16.5. The molecule has 4 bridgehead atoms. The zero-order valence-corrected chi connectivity index (χ0v) is 17.7. The van der Waals surface area contributed by atoms with E-state index < -0.39 is 0 Å². The van der Waals surface area contributed by atoms with Crippen LogP contribution in [0.15, 0.2) is 4.52 Å². The van der Waals surface area contributed by atoms with Gasteiger partial charge in [-0.3, -0.25) is 0 Å². The SMILES string of the molecule is CN(C)CCn1nnc2c1CC(c1nc(C34CC5CC(CC(C5)C3)C4)no1)CC2. The molecule has 7 heteroatoms. The maximum Gasteiger partial charge on any atom is 0.230 e. The van der Waals surface area contributed by atoms with Crippen molar-refractivity contribution >= 4 is 0 Å². The first kappa shape index (κ1) is 18.0. The smallest absolute Gasteiger partial charge is 0.230 e. The van der Waals surface area contributed by atoms with Gasteiger partial charge in [-0.05, 0) is 83.2 Å². The van der Waals surface area contributed by atoms with E-state index in [9.17, 15) is 0 Å². The zero-order chi connectivity index (χ0) is 19.6. The minimum atomic E-state index is 0.214. The summed E-state index contributed by atoms with van der Waals surface area (Å²) >= 11 is 0. The number of hydrogen-bond acceptors (Lipinski definition) is 6. The van der Waals surface area contributed by atoms with Gasteiger partial charge in [-0.15, -0.1) is 5.10 Å². The first-order valence-electron chi connectivity index (χ1n) is 11.5. The maximum absolute atomic E-state index is 5.90. The highest BCUT2D eigenvalue weighted by Crippen LogP contribution is 2.60. The van der Waals surface area contributed by atoms with Crippen molar-refractivity contribution in [2.24, 2.45) is 17.8 Å². The van der Waals surface area contributed by atoms with Crippen molar-refractivity contribution in [3.8, 4) is 0 Å². The molecule has 7 rings (SSSR count). The molecule has 0 aliphatic heterocycles. The van der Waals surface area contributed by atoms with Crippen LogP contribution in [0.25, 0.3) is 0 Å². The van der Waals surface area contributed by atoms with E-state index in [-0.39, 0.29) is 5.41 Å². The lowest BCUT2D eigenvalue weighted by Gasteiger charge is -2.55. The van der Waals surface area contributed by atoms with Crippen LogP contribution in [-0.2, 0) is 24.8 Å². The number of hydrogen-bond donors (Lipinski definition) is 0. The van der Waals surface area contributed by atoms with Gasteiger partial charge in [0.25, 0.3) is 0 Å². The summed E-state index contributed by atoms with van der Waals surface area (Å²) in [6.07, 6.45) is 11.1. The van der Waals surface area contributed by atoms with Crippen molar-refractivity contribution in [2.75, 3.05) is 20.6 Å². The maximum atomic E-state index is 5.90. The Hall–Kier alpha value is -1.76. The average molecular weight is 397 g/mol. The van der Waals surface area contributed by atoms with E-state index in [1.165, 1.54) is 44.2 Å². The largest absolute Gasteiger partial charge is 0.339 e. The average Bonchev–Trinajstić information content (AvgIpc) is 3.33. The number of rotatable bonds is 5. The lowest BCUT2D eigenvalue weighted by Crippen LogP contribution is -2.49. The molecule has 0 N–H and O–H groups in total. The van der Waals surface area contributed by atoms with Gasteiger partial charge >= 0.3 is 0 Å². The van der Waals surface area contributed by atoms with E-state index in [1.807, 2.05) is 0 Å². The third-order valence-electron chi connectivity index (χ3n) is 8.15. The first-order valence-corrected chi connectivity index (χ1v) is 11.5. The third kappa shape index (κ3) is 3.04. The molecule has 156 valence electrons. The number of aryl methyl sites for hydroxylation is 1. The molecule has 4 saturated carbocycles. The fourth-order valence-corrected chi connectivity index (χ4v) is 7.12. The van der Waals surface area contributed by atoms with Crippen LogP contribution in [0.4, 0.5) is 0 Å². The van der Waals surface area contributed by atoms with Crippen LogP contribution < -0.4 is 0 Å². The fraction of sp³-hybridized carbons (Fsp3) is 0.818. The Bertz CT molecular complexity index is 864. The standard InChI is InChI=1S/C22H32N6O/c1-27(2)5-6-28-19-10-17(3-4-18(19)24-26-28)20-23-21(25-29-20)22-11-14-7-15(12-22)9-16(8-14)13-22/h14-17H,3-13H2,1-2H3. The Morgan fingerprint density at radius 3 is 2.52 bits per heavy atom. The molecule has 7 nitrogen and oxygen atoms in total. The van der Waals surface area contributed by atoms with Crippen molar-refractivity contribution < 1.29 is 4.52 Å². The number of aromatic nitrogens is 5. The van der Waals surface area contributed by atoms with Crippen molar-refractivity contribution in [2.45, 2.75) is 75.7 Å². The number of nitrogens with zero attached hydrogens (tertiary/aromatic N) is 6. The van der Waals surface area contributed by atoms with Gasteiger partial charge in [0.15, 0.2) is 5.82 Å². The van der Waals surface area contributed by atoms with E-state index in [1.54, 1.807) is 0 Å². The quantitative estimate of drug-likeness (QED) is 0.774. The Morgan fingerprint density at radius 2 is 1.83 bits per heavy atom. The highest BCUT2D eigenvalue weighted by molar-refractivity contribution is 5.21. The first-order chi connectivity index (χ1) is 14.1. The van der Waals surface area contributed by atoms with Gasteiger partial charge in [-0.2, -0.15) is 4.98 Å². The highest BCUT2D eigenvalue weighted by Gasteiger charge is 2.54. The molecule has 2 aromatic heterocycles. The molecule has 0 saturated heterocycles. The summed E-state index contributed by atoms with van der Waals surface area (Å²) < 4.78 is 7.99. The molecule has 0 radical (unpaired) electrons. The summed E-state index contributed by atoms with van der Waals surface area (Å²) in [6.45, 7) is 1.85. The van der Waals surface area contributed by atoms with E-state index in [0.717, 1.165) is 67.5 Å². The minimum absolute atomic E-state index is 0.214. The number of likely N-dealkylation sites (N-methyl/N-ethyl adjacent to an activating group) is 1. The van der Waals surface area contributed by atoms with E-state index in [0.29, 0.717) is 5.92 Å². The molecule has 1 atom stereocenters. The van der Waals surface area contributed by atoms with E-state index in [2.05, 4.69) is 39.1 Å². The molecule has 4 fully saturated rings. The van der Waals surface area contributed by atoms with Gasteiger partial charge in [0, 0.05) is 24.3 Å². The van der Waals surface area contributed by atoms with E-state index in [4.69, 9.17) is 9.51 Å². The van der Waals surface area contributed by atoms with Crippen LogP contribution >= 0.6 is 0 Å². The van der Waals surface area contributed by atoms with E-state index >= 15 is 0 Å². The topological polar surface area (TPSA) is 72.9 Å². The second-order valence-corrected chi connectivity index (χ2v) is 10.6. The molecule has 5 aliphatic carbocycles. The van der Waals surface area contributed by atoms with Crippen molar-refractivity contribution in [1.29, 1.82) is 0 Å². The van der Waals surface area contributed by atoms with Gasteiger partial charge in [0.1, 0.15) is 0 Å².